The van der Waals surface area contributed by atoms with Crippen molar-refractivity contribution in [1.82, 2.24) is 0 Å². The van der Waals surface area contributed by atoms with Crippen molar-refractivity contribution in [1.29, 1.82) is 5.41 Å². The minimum atomic E-state index is -0.668. The fourth-order valence-electron chi connectivity index (χ4n) is 2.74. The Kier molecular flexibility index (Phi) is 5.46. The lowest BCUT2D eigenvalue weighted by atomic mass is 10.1. The minimum absolute atomic E-state index is 0.114. The van der Waals surface area contributed by atoms with E-state index in [1.807, 2.05) is 6.92 Å². The number of esters is 1. The fraction of sp³-hybridized carbons (Fsp3) is 0.211. The molecule has 0 saturated carbocycles. The molecule has 3 rings (SSSR count). The lowest BCUT2D eigenvalue weighted by Crippen LogP contribution is -2.21. The Hall–Kier alpha value is -3.53. The van der Waals surface area contributed by atoms with Crippen LogP contribution >= 0.6 is 11.3 Å². The number of hydrogen-bond acceptors (Lipinski definition) is 8. The number of rotatable bonds is 5. The average molecular weight is 415 g/mol. The Morgan fingerprint density at radius 3 is 2.69 bits per heavy atom. The third kappa shape index (κ3) is 3.87. The van der Waals surface area contributed by atoms with Gasteiger partial charge in [0.2, 0.25) is 5.55 Å². The van der Waals surface area contributed by atoms with E-state index in [1.54, 1.807) is 13.8 Å². The van der Waals surface area contributed by atoms with Crippen LogP contribution in [0.1, 0.15) is 38.1 Å². The quantitative estimate of drug-likeness (QED) is 0.368. The zero-order valence-electron chi connectivity index (χ0n) is 15.8. The van der Waals surface area contributed by atoms with Gasteiger partial charge < -0.3 is 14.5 Å². The van der Waals surface area contributed by atoms with Crippen LogP contribution in [0.15, 0.2) is 28.7 Å². The normalized spacial score (nSPS) is 10.7. The number of amides is 1. The SMILES string of the molecule is CCOC(=O)c1c(NC(=O)c2cc3cc([N+](=O)[O-])ccc3oc2=N)sc(C)c1C. The number of nitrogens with one attached hydrogen (secondary N) is 2. The molecule has 0 aliphatic rings. The molecule has 1 aromatic carbocycles. The minimum Gasteiger partial charge on any atom is -0.462 e. The molecule has 0 bridgehead atoms. The molecule has 0 atom stereocenters. The van der Waals surface area contributed by atoms with Crippen molar-refractivity contribution in [2.75, 3.05) is 11.9 Å². The number of aryl methyl sites for hydroxylation is 1. The Labute approximate surface area is 168 Å². The molecule has 3 aromatic rings. The van der Waals surface area contributed by atoms with Gasteiger partial charge in [0.1, 0.15) is 16.1 Å². The van der Waals surface area contributed by atoms with Gasteiger partial charge in [0.25, 0.3) is 11.6 Å². The molecule has 0 fully saturated rings. The zero-order chi connectivity index (χ0) is 21.3. The van der Waals surface area contributed by atoms with E-state index < -0.39 is 22.4 Å². The molecule has 0 spiro atoms. The third-order valence-electron chi connectivity index (χ3n) is 4.30. The molecule has 2 N–H and O–H groups in total. The summed E-state index contributed by atoms with van der Waals surface area (Å²) in [5, 5.41) is 22.2. The number of non-ortho nitro benzene ring substituents is 1. The summed E-state index contributed by atoms with van der Waals surface area (Å²) in [6.45, 7) is 5.46. The molecule has 2 aromatic heterocycles. The number of fused-ring (bicyclic) bond motifs is 1. The number of nitro benzene ring substituents is 1. The van der Waals surface area contributed by atoms with E-state index in [0.717, 1.165) is 4.88 Å². The Bertz CT molecular complexity index is 1210. The summed E-state index contributed by atoms with van der Waals surface area (Å²) in [5.41, 5.74) is 0.539. The number of benzene rings is 1. The topological polar surface area (TPSA) is 136 Å². The first kappa shape index (κ1) is 20.2. The summed E-state index contributed by atoms with van der Waals surface area (Å²) >= 11 is 1.22. The first-order valence-electron chi connectivity index (χ1n) is 8.58. The molecule has 0 radical (unpaired) electrons. The van der Waals surface area contributed by atoms with Crippen LogP contribution in [0.25, 0.3) is 11.0 Å². The number of hydrogen-bond donors (Lipinski definition) is 2. The highest BCUT2D eigenvalue weighted by Crippen LogP contribution is 2.33. The Morgan fingerprint density at radius 1 is 1.31 bits per heavy atom. The number of nitrogens with zero attached hydrogens (tertiary/aromatic N) is 1. The molecule has 29 heavy (non-hydrogen) atoms. The van der Waals surface area contributed by atoms with Crippen LogP contribution in [0, 0.1) is 29.4 Å². The molecular weight excluding hydrogens is 398 g/mol. The number of nitro groups is 1. The van der Waals surface area contributed by atoms with E-state index in [-0.39, 0.29) is 29.0 Å². The van der Waals surface area contributed by atoms with Crippen LogP contribution in [0.2, 0.25) is 0 Å². The fourth-order valence-corrected chi connectivity index (χ4v) is 3.79. The van der Waals surface area contributed by atoms with Gasteiger partial charge in [-0.1, -0.05) is 0 Å². The number of thiophene rings is 1. The van der Waals surface area contributed by atoms with Crippen LogP contribution in [-0.2, 0) is 4.74 Å². The molecule has 150 valence electrons. The van der Waals surface area contributed by atoms with E-state index in [2.05, 4.69) is 5.32 Å². The number of ether oxygens (including phenoxy) is 1. The summed E-state index contributed by atoms with van der Waals surface area (Å²) in [7, 11) is 0. The monoisotopic (exact) mass is 415 g/mol. The average Bonchev–Trinajstić information content (AvgIpc) is 2.94. The highest BCUT2D eigenvalue weighted by Gasteiger charge is 2.23. The number of carbonyl (C=O) groups excluding carboxylic acids is 2. The van der Waals surface area contributed by atoms with Crippen molar-refractivity contribution in [3.8, 4) is 0 Å². The van der Waals surface area contributed by atoms with Crippen molar-refractivity contribution in [2.24, 2.45) is 0 Å². The zero-order valence-corrected chi connectivity index (χ0v) is 16.6. The summed E-state index contributed by atoms with van der Waals surface area (Å²) in [4.78, 5) is 36.3. The first-order chi connectivity index (χ1) is 13.7. The van der Waals surface area contributed by atoms with Crippen molar-refractivity contribution in [3.63, 3.8) is 0 Å². The lowest BCUT2D eigenvalue weighted by Gasteiger charge is -2.08. The van der Waals surface area contributed by atoms with E-state index >= 15 is 0 Å². The molecule has 9 nitrogen and oxygen atoms in total. The molecular formula is C19H17N3O6S. The van der Waals surface area contributed by atoms with Crippen LogP contribution in [0.5, 0.6) is 0 Å². The largest absolute Gasteiger partial charge is 0.462 e. The van der Waals surface area contributed by atoms with E-state index in [1.165, 1.54) is 35.6 Å². The Balaban J connectivity index is 2.01. The van der Waals surface area contributed by atoms with Crippen molar-refractivity contribution >= 4 is 44.9 Å². The number of carbonyl (C=O) groups is 2. The summed E-state index contributed by atoms with van der Waals surface area (Å²) in [6.07, 6.45) is 0. The standard InChI is InChI=1S/C19H17N3O6S/c1-4-27-19(24)15-9(2)10(3)29-18(15)21-17(23)13-8-11-7-12(22(25)26)5-6-14(11)28-16(13)20/h5-8,20H,4H2,1-3H3,(H,21,23). The van der Waals surface area contributed by atoms with Crippen molar-refractivity contribution < 1.29 is 23.7 Å². The van der Waals surface area contributed by atoms with Gasteiger partial charge in [-0.05, 0) is 38.5 Å². The maximum Gasteiger partial charge on any atom is 0.341 e. The smallest absolute Gasteiger partial charge is 0.341 e. The molecule has 0 aliphatic heterocycles. The first-order valence-corrected chi connectivity index (χ1v) is 9.40. The second-order valence-electron chi connectivity index (χ2n) is 6.13. The molecule has 0 saturated heterocycles. The second-order valence-corrected chi connectivity index (χ2v) is 7.36. The van der Waals surface area contributed by atoms with E-state index in [0.29, 0.717) is 16.0 Å². The van der Waals surface area contributed by atoms with Crippen LogP contribution in [-0.4, -0.2) is 23.4 Å². The van der Waals surface area contributed by atoms with Gasteiger partial charge in [0, 0.05) is 22.4 Å². The second kappa shape index (κ2) is 7.84. The lowest BCUT2D eigenvalue weighted by molar-refractivity contribution is -0.384. The van der Waals surface area contributed by atoms with Crippen LogP contribution in [0.4, 0.5) is 10.7 Å². The summed E-state index contributed by atoms with van der Waals surface area (Å²) < 4.78 is 10.4. The van der Waals surface area contributed by atoms with Gasteiger partial charge >= 0.3 is 5.97 Å². The predicted molar refractivity (Wildman–Crippen MR) is 106 cm³/mol. The number of anilines is 1. The van der Waals surface area contributed by atoms with Crippen LogP contribution < -0.4 is 10.9 Å². The molecule has 1 amide bonds. The van der Waals surface area contributed by atoms with Crippen molar-refractivity contribution in [3.05, 3.63) is 61.5 Å². The van der Waals surface area contributed by atoms with E-state index in [4.69, 9.17) is 14.6 Å². The highest BCUT2D eigenvalue weighted by atomic mass is 32.1. The molecule has 0 aliphatic carbocycles. The molecule has 10 heteroatoms. The summed E-state index contributed by atoms with van der Waals surface area (Å²) in [6, 6.07) is 5.24. The highest BCUT2D eigenvalue weighted by molar-refractivity contribution is 7.16. The van der Waals surface area contributed by atoms with Gasteiger partial charge in [-0.3, -0.25) is 20.3 Å². The van der Waals surface area contributed by atoms with Crippen molar-refractivity contribution in [2.45, 2.75) is 20.8 Å². The summed E-state index contributed by atoms with van der Waals surface area (Å²) in [5.74, 6) is -1.21. The van der Waals surface area contributed by atoms with Gasteiger partial charge in [0.05, 0.1) is 17.1 Å². The van der Waals surface area contributed by atoms with E-state index in [9.17, 15) is 19.7 Å². The molecule has 2 heterocycles. The maximum absolute atomic E-state index is 12.8. The third-order valence-corrected chi connectivity index (χ3v) is 5.42. The van der Waals surface area contributed by atoms with Gasteiger partial charge in [-0.25, -0.2) is 4.79 Å². The maximum atomic E-state index is 12.8. The van der Waals surface area contributed by atoms with Gasteiger partial charge in [0.15, 0.2) is 0 Å². The molecule has 0 unspecified atom stereocenters. The Morgan fingerprint density at radius 2 is 2.03 bits per heavy atom. The predicted octanol–water partition coefficient (Wildman–Crippen LogP) is 3.93. The van der Waals surface area contributed by atoms with Crippen LogP contribution in [0.3, 0.4) is 0 Å². The van der Waals surface area contributed by atoms with Gasteiger partial charge in [-0.15, -0.1) is 11.3 Å². The van der Waals surface area contributed by atoms with Gasteiger partial charge in [-0.2, -0.15) is 0 Å².